The maximum absolute atomic E-state index is 13.2. The zero-order valence-corrected chi connectivity index (χ0v) is 22.1. The van der Waals surface area contributed by atoms with Gasteiger partial charge in [0.05, 0.1) is 17.1 Å². The Labute approximate surface area is 231 Å². The highest BCUT2D eigenvalue weighted by Gasteiger charge is 2.71. The summed E-state index contributed by atoms with van der Waals surface area (Å²) in [5.74, 6) is -1.71. The van der Waals surface area contributed by atoms with E-state index in [-0.39, 0.29) is 28.3 Å². The first-order valence-corrected chi connectivity index (χ1v) is 13.6. The van der Waals surface area contributed by atoms with Gasteiger partial charge in [-0.05, 0) is 35.4 Å². The lowest BCUT2D eigenvalue weighted by Gasteiger charge is -2.32. The van der Waals surface area contributed by atoms with Gasteiger partial charge in [0.25, 0.3) is 11.5 Å². The summed E-state index contributed by atoms with van der Waals surface area (Å²) in [7, 11) is -3.58. The number of hydrogen-bond donors (Lipinski definition) is 3. The quantitative estimate of drug-likeness (QED) is 0.304. The van der Waals surface area contributed by atoms with E-state index in [1.807, 2.05) is 0 Å². The van der Waals surface area contributed by atoms with Crippen LogP contribution in [-0.4, -0.2) is 43.4 Å². The molecule has 0 aliphatic heterocycles. The molecule has 3 rings (SSSR count). The van der Waals surface area contributed by atoms with Crippen LogP contribution in [0, 0.1) is 0 Å². The summed E-state index contributed by atoms with van der Waals surface area (Å²) in [6.45, 7) is 1.44. The molecule has 0 fully saturated rings. The molecule has 7 nitrogen and oxygen atoms in total. The molecule has 0 saturated carbocycles. The van der Waals surface area contributed by atoms with Crippen molar-refractivity contribution < 1.29 is 49.5 Å². The van der Waals surface area contributed by atoms with Gasteiger partial charge in [-0.1, -0.05) is 61.5 Å². The number of nitrogens with one attached hydrogen (secondary N) is 2. The van der Waals surface area contributed by atoms with E-state index < -0.39 is 51.2 Å². The molecule has 3 aromatic rings. The number of anilines is 1. The number of halogens is 6. The second kappa shape index (κ2) is 11.9. The van der Waals surface area contributed by atoms with E-state index in [1.165, 1.54) is 31.2 Å². The van der Waals surface area contributed by atoms with Crippen LogP contribution >= 0.6 is 0 Å². The number of carbonyl (C=O) groups is 2. The molecule has 3 N–H and O–H groups in total. The molecule has 2 amide bonds. The number of rotatable bonds is 9. The molecule has 0 spiro atoms. The molecule has 41 heavy (non-hydrogen) atoms. The first kappa shape index (κ1) is 31.6. The summed E-state index contributed by atoms with van der Waals surface area (Å²) < 4.78 is 103. The van der Waals surface area contributed by atoms with Crippen LogP contribution < -0.4 is 10.6 Å². The Morgan fingerprint density at radius 1 is 0.829 bits per heavy atom. The average Bonchev–Trinajstić information content (AvgIpc) is 2.91. The number of amides is 2. The Hall–Kier alpha value is -3.91. The molecule has 0 bridgehead atoms. The van der Waals surface area contributed by atoms with Crippen molar-refractivity contribution in [2.24, 2.45) is 0 Å². The van der Waals surface area contributed by atoms with Crippen LogP contribution in [0.15, 0.2) is 83.8 Å². The van der Waals surface area contributed by atoms with Crippen LogP contribution in [0.2, 0.25) is 0 Å². The van der Waals surface area contributed by atoms with Gasteiger partial charge < -0.3 is 15.7 Å². The molecule has 0 radical (unpaired) electrons. The van der Waals surface area contributed by atoms with Crippen LogP contribution in [0.3, 0.4) is 0 Å². The predicted molar refractivity (Wildman–Crippen MR) is 136 cm³/mol. The highest BCUT2D eigenvalue weighted by atomic mass is 32.2. The molecular formula is C27H24F6N2O5S. The van der Waals surface area contributed by atoms with Gasteiger partial charge in [-0.2, -0.15) is 26.3 Å². The summed E-state index contributed by atoms with van der Waals surface area (Å²) in [4.78, 5) is 25.9. The first-order valence-electron chi connectivity index (χ1n) is 11.9. The molecule has 0 unspecified atom stereocenters. The third-order valence-electron chi connectivity index (χ3n) is 6.12. The Kier molecular flexibility index (Phi) is 9.18. The monoisotopic (exact) mass is 602 g/mol. The summed E-state index contributed by atoms with van der Waals surface area (Å²) in [6, 6.07) is 14.3. The number of hydrogen-bond acceptors (Lipinski definition) is 5. The van der Waals surface area contributed by atoms with Crippen LogP contribution in [0.4, 0.5) is 32.0 Å². The van der Waals surface area contributed by atoms with Gasteiger partial charge in [0.15, 0.2) is 9.84 Å². The Balaban J connectivity index is 1.90. The molecular weight excluding hydrogens is 578 g/mol. The van der Waals surface area contributed by atoms with Gasteiger partial charge in [-0.15, -0.1) is 0 Å². The van der Waals surface area contributed by atoms with Gasteiger partial charge >= 0.3 is 12.4 Å². The lowest BCUT2D eigenvalue weighted by Crippen LogP contribution is -2.53. The second-order valence-electron chi connectivity index (χ2n) is 8.91. The fraction of sp³-hybridized carbons (Fsp3) is 0.259. The minimum Gasteiger partial charge on any atom is -0.369 e. The van der Waals surface area contributed by atoms with Crippen molar-refractivity contribution in [1.29, 1.82) is 0 Å². The maximum atomic E-state index is 13.2. The van der Waals surface area contributed by atoms with E-state index in [4.69, 9.17) is 0 Å². The molecule has 0 aliphatic rings. The lowest BCUT2D eigenvalue weighted by atomic mass is 9.92. The maximum Gasteiger partial charge on any atom is 0.430 e. The minimum absolute atomic E-state index is 0.0316. The number of sulfone groups is 1. The van der Waals surface area contributed by atoms with Crippen molar-refractivity contribution in [2.75, 3.05) is 11.1 Å². The smallest absolute Gasteiger partial charge is 0.369 e. The second-order valence-corrected chi connectivity index (χ2v) is 11.2. The fourth-order valence-electron chi connectivity index (χ4n) is 3.83. The van der Waals surface area contributed by atoms with E-state index in [2.05, 4.69) is 10.6 Å². The van der Waals surface area contributed by atoms with Crippen molar-refractivity contribution in [2.45, 2.75) is 42.2 Å². The summed E-state index contributed by atoms with van der Waals surface area (Å²) in [5, 5.41) is 14.4. The Morgan fingerprint density at radius 2 is 1.37 bits per heavy atom. The topological polar surface area (TPSA) is 113 Å². The van der Waals surface area contributed by atoms with Gasteiger partial charge in [-0.25, -0.2) is 8.42 Å². The van der Waals surface area contributed by atoms with Crippen LogP contribution in [0.1, 0.15) is 29.7 Å². The van der Waals surface area contributed by atoms with Crippen LogP contribution in [0.25, 0.3) is 0 Å². The minimum atomic E-state index is -6.08. The van der Waals surface area contributed by atoms with E-state index in [1.54, 1.807) is 30.3 Å². The van der Waals surface area contributed by atoms with Gasteiger partial charge in [-0.3, -0.25) is 9.59 Å². The summed E-state index contributed by atoms with van der Waals surface area (Å²) in [5.41, 5.74) is -6.13. The molecule has 0 aromatic heterocycles. The lowest BCUT2D eigenvalue weighted by molar-refractivity contribution is -0.376. The molecule has 220 valence electrons. The zero-order valence-electron chi connectivity index (χ0n) is 21.3. The highest BCUT2D eigenvalue weighted by molar-refractivity contribution is 7.91. The highest BCUT2D eigenvalue weighted by Crippen LogP contribution is 2.50. The molecule has 0 saturated heterocycles. The summed E-state index contributed by atoms with van der Waals surface area (Å²) >= 11 is 0. The standard InChI is InChI=1S/C27H24F6N2O5S/c1-2-41(39,40)21-14-8-18(9-15-21)23(35-22(36)16-17-6-4-3-5-7-17)24(37)34-20-12-10-19(11-13-20)25(38,26(28,29)30)27(31,32)33/h3-15,23,38H,2,16H2,1H3,(H,34,37)(H,35,36)/t23-/m1/s1. The normalized spacial score (nSPS) is 13.4. The van der Waals surface area contributed by atoms with Crippen molar-refractivity contribution in [1.82, 2.24) is 5.32 Å². The summed E-state index contributed by atoms with van der Waals surface area (Å²) in [6.07, 6.45) is -12.3. The third-order valence-corrected chi connectivity index (χ3v) is 7.87. The number of alkyl halides is 6. The van der Waals surface area contributed by atoms with Crippen molar-refractivity contribution in [3.8, 4) is 0 Å². The van der Waals surface area contributed by atoms with E-state index >= 15 is 0 Å². The SMILES string of the molecule is CCS(=O)(=O)c1ccc([C@@H](NC(=O)Cc2ccccc2)C(=O)Nc2ccc(C(O)(C(F)(F)F)C(F)(F)F)cc2)cc1. The van der Waals surface area contributed by atoms with E-state index in [9.17, 15) is 49.5 Å². The van der Waals surface area contributed by atoms with Crippen LogP contribution in [-0.2, 0) is 31.4 Å². The van der Waals surface area contributed by atoms with E-state index in [0.717, 1.165) is 12.1 Å². The predicted octanol–water partition coefficient (Wildman–Crippen LogP) is 4.83. The zero-order chi connectivity index (χ0) is 30.6. The molecule has 3 aromatic carbocycles. The third kappa shape index (κ3) is 7.06. The Morgan fingerprint density at radius 3 is 1.85 bits per heavy atom. The van der Waals surface area contributed by atoms with Gasteiger partial charge in [0.2, 0.25) is 5.91 Å². The van der Waals surface area contributed by atoms with E-state index in [0.29, 0.717) is 17.7 Å². The fourth-order valence-corrected chi connectivity index (χ4v) is 4.71. The van der Waals surface area contributed by atoms with Crippen LogP contribution in [0.5, 0.6) is 0 Å². The first-order chi connectivity index (χ1) is 19.0. The van der Waals surface area contributed by atoms with Crippen molar-refractivity contribution >= 4 is 27.3 Å². The molecule has 0 heterocycles. The van der Waals surface area contributed by atoms with Gasteiger partial charge in [0, 0.05) is 11.3 Å². The molecule has 1 atom stereocenters. The number of benzene rings is 3. The molecule has 0 aliphatic carbocycles. The van der Waals surface area contributed by atoms with Gasteiger partial charge in [0.1, 0.15) is 6.04 Å². The van der Waals surface area contributed by atoms with Crippen molar-refractivity contribution in [3.05, 3.63) is 95.6 Å². The molecule has 14 heteroatoms. The average molecular weight is 603 g/mol. The Bertz CT molecular complexity index is 1460. The number of aliphatic hydroxyl groups is 1. The largest absolute Gasteiger partial charge is 0.430 e. The van der Waals surface area contributed by atoms with Crippen molar-refractivity contribution in [3.63, 3.8) is 0 Å². The number of carbonyl (C=O) groups excluding carboxylic acids is 2.